The van der Waals surface area contributed by atoms with Crippen LogP contribution in [0.5, 0.6) is 5.75 Å². The van der Waals surface area contributed by atoms with Gasteiger partial charge in [0.1, 0.15) is 16.5 Å². The minimum Gasteiger partial charge on any atom is -0.506 e. The van der Waals surface area contributed by atoms with Gasteiger partial charge in [-0.3, -0.25) is 4.79 Å². The van der Waals surface area contributed by atoms with E-state index in [1.54, 1.807) is 0 Å². The number of aromatic hydroxyl groups is 1. The number of amides is 1. The lowest BCUT2D eigenvalue weighted by Gasteiger charge is -2.06. The molecule has 0 saturated carbocycles. The summed E-state index contributed by atoms with van der Waals surface area (Å²) in [4.78, 5) is 26.7. The number of carbonyl (C=O) groups is 2. The van der Waals surface area contributed by atoms with E-state index in [0.29, 0.717) is 5.01 Å². The quantitative estimate of drug-likeness (QED) is 0.629. The molecule has 0 saturated heterocycles. The van der Waals surface area contributed by atoms with E-state index in [1.807, 2.05) is 0 Å². The van der Waals surface area contributed by atoms with Crippen LogP contribution >= 0.6 is 11.3 Å². The van der Waals surface area contributed by atoms with E-state index in [0.717, 1.165) is 0 Å². The molecule has 1 aromatic carbocycles. The van der Waals surface area contributed by atoms with Gasteiger partial charge in [0.25, 0.3) is 5.91 Å². The molecule has 0 atom stereocenters. The van der Waals surface area contributed by atoms with Crippen molar-refractivity contribution in [3.63, 3.8) is 0 Å². The van der Waals surface area contributed by atoms with Crippen molar-refractivity contribution in [1.29, 1.82) is 0 Å². The molecular formula is C12H11N3O4S. The van der Waals surface area contributed by atoms with Crippen LogP contribution in [-0.2, 0) is 6.54 Å². The Morgan fingerprint density at radius 2 is 2.15 bits per heavy atom. The zero-order chi connectivity index (χ0) is 14.7. The molecule has 1 heterocycles. The zero-order valence-electron chi connectivity index (χ0n) is 10.2. The van der Waals surface area contributed by atoms with Gasteiger partial charge >= 0.3 is 5.97 Å². The van der Waals surface area contributed by atoms with Crippen molar-refractivity contribution in [1.82, 2.24) is 4.98 Å². The number of hydrogen-bond donors (Lipinski definition) is 4. The van der Waals surface area contributed by atoms with Crippen LogP contribution in [0.2, 0.25) is 0 Å². The number of rotatable bonds is 4. The fourth-order valence-corrected chi connectivity index (χ4v) is 2.12. The van der Waals surface area contributed by atoms with Crippen LogP contribution in [0, 0.1) is 0 Å². The Kier molecular flexibility index (Phi) is 3.97. The number of benzene rings is 1. The Hall–Kier alpha value is -2.45. The number of aromatic carboxylic acids is 1. The smallest absolute Gasteiger partial charge is 0.335 e. The number of anilines is 1. The summed E-state index contributed by atoms with van der Waals surface area (Å²) >= 11 is 1.25. The number of carboxylic acid groups (broad SMARTS) is 1. The molecule has 1 aromatic heterocycles. The van der Waals surface area contributed by atoms with Crippen LogP contribution < -0.4 is 11.1 Å². The van der Waals surface area contributed by atoms with E-state index >= 15 is 0 Å². The molecule has 0 bridgehead atoms. The number of nitrogens with zero attached hydrogens (tertiary/aromatic N) is 1. The lowest BCUT2D eigenvalue weighted by molar-refractivity contribution is 0.0696. The summed E-state index contributed by atoms with van der Waals surface area (Å²) in [5, 5.41) is 23.0. The first kappa shape index (κ1) is 14.0. The second kappa shape index (κ2) is 5.68. The Labute approximate surface area is 117 Å². The van der Waals surface area contributed by atoms with Crippen molar-refractivity contribution < 1.29 is 19.8 Å². The molecule has 2 aromatic rings. The summed E-state index contributed by atoms with van der Waals surface area (Å²) in [7, 11) is 0. The molecule has 0 fully saturated rings. The molecule has 0 aliphatic carbocycles. The highest BCUT2D eigenvalue weighted by Crippen LogP contribution is 2.25. The number of hydrogen-bond acceptors (Lipinski definition) is 6. The van der Waals surface area contributed by atoms with Gasteiger partial charge in [-0.15, -0.1) is 11.3 Å². The highest BCUT2D eigenvalue weighted by Gasteiger charge is 2.14. The number of aromatic nitrogens is 1. The van der Waals surface area contributed by atoms with E-state index in [1.165, 1.54) is 34.9 Å². The molecule has 5 N–H and O–H groups in total. The highest BCUT2D eigenvalue weighted by atomic mass is 32.1. The van der Waals surface area contributed by atoms with Gasteiger partial charge in [0.2, 0.25) is 0 Å². The fourth-order valence-electron chi connectivity index (χ4n) is 1.46. The van der Waals surface area contributed by atoms with Crippen LogP contribution in [0.15, 0.2) is 23.6 Å². The van der Waals surface area contributed by atoms with Gasteiger partial charge in [-0.1, -0.05) is 0 Å². The largest absolute Gasteiger partial charge is 0.506 e. The predicted octanol–water partition coefficient (Wildman–Crippen LogP) is 1.26. The van der Waals surface area contributed by atoms with Gasteiger partial charge in [-0.2, -0.15) is 0 Å². The zero-order valence-corrected chi connectivity index (χ0v) is 11.0. The van der Waals surface area contributed by atoms with Crippen LogP contribution in [0.25, 0.3) is 0 Å². The Balaban J connectivity index is 2.22. The maximum atomic E-state index is 11.9. The van der Waals surface area contributed by atoms with Gasteiger partial charge in [0.15, 0.2) is 0 Å². The van der Waals surface area contributed by atoms with Crippen molar-refractivity contribution in [3.8, 4) is 5.75 Å². The van der Waals surface area contributed by atoms with E-state index in [2.05, 4.69) is 10.3 Å². The molecule has 0 radical (unpaired) electrons. The van der Waals surface area contributed by atoms with Crippen LogP contribution in [0.3, 0.4) is 0 Å². The van der Waals surface area contributed by atoms with Gasteiger partial charge in [0.05, 0.1) is 11.3 Å². The molecule has 0 aliphatic rings. The van der Waals surface area contributed by atoms with Gasteiger partial charge in [0, 0.05) is 11.9 Å². The summed E-state index contributed by atoms with van der Waals surface area (Å²) < 4.78 is 0. The van der Waals surface area contributed by atoms with E-state index < -0.39 is 11.9 Å². The maximum absolute atomic E-state index is 11.9. The standard InChI is InChI=1S/C12H11N3O4S/c13-4-10-14-8(5-20-10)11(17)15-7-3-6(12(18)19)1-2-9(7)16/h1-3,5,16H,4,13H2,(H,15,17)(H,18,19). The first-order valence-corrected chi connectivity index (χ1v) is 6.41. The highest BCUT2D eigenvalue weighted by molar-refractivity contribution is 7.09. The third-order valence-corrected chi connectivity index (χ3v) is 3.32. The van der Waals surface area contributed by atoms with Crippen LogP contribution in [-0.4, -0.2) is 27.1 Å². The lowest BCUT2D eigenvalue weighted by Crippen LogP contribution is -2.13. The monoisotopic (exact) mass is 293 g/mol. The van der Waals surface area contributed by atoms with Gasteiger partial charge in [-0.05, 0) is 18.2 Å². The molecule has 20 heavy (non-hydrogen) atoms. The summed E-state index contributed by atoms with van der Waals surface area (Å²) in [5.74, 6) is -1.92. The Morgan fingerprint density at radius 1 is 1.40 bits per heavy atom. The third kappa shape index (κ3) is 2.92. The molecule has 1 amide bonds. The van der Waals surface area contributed by atoms with E-state index in [9.17, 15) is 14.7 Å². The van der Waals surface area contributed by atoms with E-state index in [-0.39, 0.29) is 29.2 Å². The number of phenols is 1. The Bertz CT molecular complexity index is 668. The van der Waals surface area contributed by atoms with Gasteiger partial charge in [-0.25, -0.2) is 9.78 Å². The number of phenolic OH excluding ortho intramolecular Hbond substituents is 1. The molecule has 0 spiro atoms. The number of nitrogens with one attached hydrogen (secondary N) is 1. The molecule has 2 rings (SSSR count). The van der Waals surface area contributed by atoms with Gasteiger partial charge < -0.3 is 21.3 Å². The number of nitrogens with two attached hydrogens (primary N) is 1. The first-order chi connectivity index (χ1) is 9.51. The average molecular weight is 293 g/mol. The van der Waals surface area contributed by atoms with E-state index in [4.69, 9.17) is 10.8 Å². The lowest BCUT2D eigenvalue weighted by atomic mass is 10.2. The Morgan fingerprint density at radius 3 is 2.75 bits per heavy atom. The van der Waals surface area contributed by atoms with Crippen LogP contribution in [0.4, 0.5) is 5.69 Å². The van der Waals surface area contributed by atoms with Crippen molar-refractivity contribution in [3.05, 3.63) is 39.8 Å². The second-order valence-electron chi connectivity index (χ2n) is 3.82. The second-order valence-corrected chi connectivity index (χ2v) is 4.76. The topological polar surface area (TPSA) is 126 Å². The first-order valence-electron chi connectivity index (χ1n) is 5.53. The van der Waals surface area contributed by atoms with Crippen molar-refractivity contribution in [2.45, 2.75) is 6.54 Å². The molecule has 0 unspecified atom stereocenters. The molecule has 0 aliphatic heterocycles. The minimum atomic E-state index is -1.15. The fraction of sp³-hybridized carbons (Fsp3) is 0.0833. The SMILES string of the molecule is NCc1nc(C(=O)Nc2cc(C(=O)O)ccc2O)cs1. The maximum Gasteiger partial charge on any atom is 0.335 e. The average Bonchev–Trinajstić information content (AvgIpc) is 2.89. The number of carbonyl (C=O) groups excluding carboxylic acids is 1. The number of thiazole rings is 1. The van der Waals surface area contributed by atoms with Crippen molar-refractivity contribution in [2.75, 3.05) is 5.32 Å². The normalized spacial score (nSPS) is 10.2. The molecule has 104 valence electrons. The summed E-state index contributed by atoms with van der Waals surface area (Å²) in [6.45, 7) is 0.234. The van der Waals surface area contributed by atoms with Crippen molar-refractivity contribution >= 4 is 28.9 Å². The molecular weight excluding hydrogens is 282 g/mol. The van der Waals surface area contributed by atoms with Crippen molar-refractivity contribution in [2.24, 2.45) is 5.73 Å². The molecule has 8 heteroatoms. The number of carboxylic acids is 1. The third-order valence-electron chi connectivity index (χ3n) is 2.45. The summed E-state index contributed by atoms with van der Waals surface area (Å²) in [6, 6.07) is 3.61. The minimum absolute atomic E-state index is 0.0113. The predicted molar refractivity (Wildman–Crippen MR) is 73.0 cm³/mol. The molecule has 7 nitrogen and oxygen atoms in total. The summed E-state index contributed by atoms with van der Waals surface area (Å²) in [6.07, 6.45) is 0. The van der Waals surface area contributed by atoms with Crippen LogP contribution in [0.1, 0.15) is 25.9 Å². The summed E-state index contributed by atoms with van der Waals surface area (Å²) in [5.41, 5.74) is 5.54.